The maximum absolute atomic E-state index is 12.2. The molecule has 2 atom stereocenters. The molecular weight excluding hydrogens is 190 g/mol. The Bertz CT molecular complexity index is 262. The molecule has 2 rings (SSSR count). The minimum absolute atomic E-state index is 0.0865. The Kier molecular flexibility index (Phi) is 3.41. The van der Waals surface area contributed by atoms with E-state index in [-0.39, 0.29) is 24.5 Å². The van der Waals surface area contributed by atoms with E-state index in [4.69, 9.17) is 0 Å². The van der Waals surface area contributed by atoms with Gasteiger partial charge in [0.25, 0.3) is 0 Å². The van der Waals surface area contributed by atoms with Crippen LogP contribution in [-0.2, 0) is 4.79 Å². The molecule has 2 unspecified atom stereocenters. The number of likely N-dealkylation sites (tertiary alicyclic amines) is 1. The summed E-state index contributed by atoms with van der Waals surface area (Å²) in [5, 5.41) is 9.18. The van der Waals surface area contributed by atoms with Crippen LogP contribution in [0.5, 0.6) is 0 Å². The maximum atomic E-state index is 12.2. The van der Waals surface area contributed by atoms with Gasteiger partial charge in [-0.15, -0.1) is 0 Å². The first-order chi connectivity index (χ1) is 7.33. The lowest BCUT2D eigenvalue weighted by Crippen LogP contribution is -2.41. The normalized spacial score (nSPS) is 30.9. The molecule has 0 aromatic rings. The molecule has 1 fully saturated rings. The lowest BCUT2D eigenvalue weighted by molar-refractivity contribution is -0.137. The second kappa shape index (κ2) is 4.79. The summed E-state index contributed by atoms with van der Waals surface area (Å²) >= 11 is 0. The number of aliphatic hydroxyl groups excluding tert-OH is 1. The van der Waals surface area contributed by atoms with Crippen LogP contribution >= 0.6 is 0 Å². The van der Waals surface area contributed by atoms with E-state index in [1.165, 1.54) is 0 Å². The summed E-state index contributed by atoms with van der Waals surface area (Å²) in [6, 6.07) is 0.0865. The van der Waals surface area contributed by atoms with E-state index >= 15 is 0 Å². The third-order valence-corrected chi connectivity index (χ3v) is 3.49. The molecule has 1 aliphatic carbocycles. The molecule has 1 aliphatic heterocycles. The monoisotopic (exact) mass is 209 g/mol. The highest BCUT2D eigenvalue weighted by Gasteiger charge is 2.32. The van der Waals surface area contributed by atoms with Crippen molar-refractivity contribution in [3.05, 3.63) is 12.2 Å². The van der Waals surface area contributed by atoms with Gasteiger partial charge in [0.05, 0.1) is 12.6 Å². The Hall–Kier alpha value is -0.830. The van der Waals surface area contributed by atoms with Gasteiger partial charge in [-0.05, 0) is 32.1 Å². The smallest absolute Gasteiger partial charge is 0.226 e. The van der Waals surface area contributed by atoms with Crippen LogP contribution in [0.2, 0.25) is 0 Å². The Labute approximate surface area is 90.8 Å². The van der Waals surface area contributed by atoms with Gasteiger partial charge in [0, 0.05) is 12.5 Å². The maximum Gasteiger partial charge on any atom is 0.226 e. The molecule has 1 N–H and O–H groups in total. The molecule has 1 amide bonds. The second-order valence-corrected chi connectivity index (χ2v) is 4.49. The highest BCUT2D eigenvalue weighted by atomic mass is 16.3. The van der Waals surface area contributed by atoms with Crippen LogP contribution in [0.25, 0.3) is 0 Å². The van der Waals surface area contributed by atoms with Crippen molar-refractivity contribution in [1.82, 2.24) is 4.90 Å². The van der Waals surface area contributed by atoms with Gasteiger partial charge in [-0.25, -0.2) is 0 Å². The number of aliphatic hydroxyl groups is 1. The van der Waals surface area contributed by atoms with Gasteiger partial charge in [0.15, 0.2) is 0 Å². The molecule has 2 aliphatic rings. The average Bonchev–Trinajstić information content (AvgIpc) is 2.77. The van der Waals surface area contributed by atoms with Crippen LogP contribution in [0.3, 0.4) is 0 Å². The highest BCUT2D eigenvalue weighted by molar-refractivity contribution is 5.79. The van der Waals surface area contributed by atoms with Gasteiger partial charge in [-0.1, -0.05) is 12.2 Å². The van der Waals surface area contributed by atoms with Crippen LogP contribution < -0.4 is 0 Å². The summed E-state index contributed by atoms with van der Waals surface area (Å²) in [5.74, 6) is 0.429. The topological polar surface area (TPSA) is 40.5 Å². The van der Waals surface area contributed by atoms with E-state index < -0.39 is 0 Å². The molecule has 0 bridgehead atoms. The fourth-order valence-corrected chi connectivity index (χ4v) is 2.57. The summed E-state index contributed by atoms with van der Waals surface area (Å²) in [6.07, 6.45) is 9.14. The van der Waals surface area contributed by atoms with Crippen LogP contribution in [-0.4, -0.2) is 35.1 Å². The lowest BCUT2D eigenvalue weighted by Gasteiger charge is -2.28. The number of hydrogen-bond acceptors (Lipinski definition) is 2. The fraction of sp³-hybridized carbons (Fsp3) is 0.750. The molecule has 0 aromatic heterocycles. The molecule has 3 heteroatoms. The van der Waals surface area contributed by atoms with Crippen LogP contribution in [0.4, 0.5) is 0 Å². The van der Waals surface area contributed by atoms with Crippen molar-refractivity contribution in [3.8, 4) is 0 Å². The van der Waals surface area contributed by atoms with Crippen molar-refractivity contribution in [2.75, 3.05) is 13.2 Å². The van der Waals surface area contributed by atoms with Gasteiger partial charge in [-0.2, -0.15) is 0 Å². The number of amides is 1. The Morgan fingerprint density at radius 1 is 1.40 bits per heavy atom. The minimum Gasteiger partial charge on any atom is -0.394 e. The zero-order valence-corrected chi connectivity index (χ0v) is 9.06. The molecular formula is C12H19NO2. The molecule has 0 spiro atoms. The number of hydrogen-bond donors (Lipinski definition) is 1. The number of allylic oxidation sites excluding steroid dienone is 2. The van der Waals surface area contributed by atoms with Crippen molar-refractivity contribution in [1.29, 1.82) is 0 Å². The van der Waals surface area contributed by atoms with Gasteiger partial charge >= 0.3 is 0 Å². The molecule has 3 nitrogen and oxygen atoms in total. The molecule has 0 saturated carbocycles. The summed E-state index contributed by atoms with van der Waals surface area (Å²) in [7, 11) is 0. The molecule has 1 heterocycles. The third-order valence-electron chi connectivity index (χ3n) is 3.49. The SMILES string of the molecule is O=C(C1CC=CCC1)N1CCCC1CO. The Morgan fingerprint density at radius 2 is 2.27 bits per heavy atom. The quantitative estimate of drug-likeness (QED) is 0.697. The van der Waals surface area contributed by atoms with Gasteiger partial charge in [0.2, 0.25) is 5.91 Å². The van der Waals surface area contributed by atoms with Gasteiger partial charge < -0.3 is 10.0 Å². The Balaban J connectivity index is 1.97. The van der Waals surface area contributed by atoms with E-state index in [0.717, 1.165) is 38.6 Å². The standard InChI is InChI=1S/C12H19NO2/c14-9-11-7-4-8-13(11)12(15)10-5-2-1-3-6-10/h1-2,10-11,14H,3-9H2. The van der Waals surface area contributed by atoms with Crippen molar-refractivity contribution in [2.24, 2.45) is 5.92 Å². The van der Waals surface area contributed by atoms with E-state index in [0.29, 0.717) is 0 Å². The zero-order chi connectivity index (χ0) is 10.7. The number of rotatable bonds is 2. The number of carbonyl (C=O) groups is 1. The molecule has 1 saturated heterocycles. The summed E-state index contributed by atoms with van der Waals surface area (Å²) < 4.78 is 0. The van der Waals surface area contributed by atoms with Crippen LogP contribution in [0.15, 0.2) is 12.2 Å². The fourth-order valence-electron chi connectivity index (χ4n) is 2.57. The van der Waals surface area contributed by atoms with Crippen molar-refractivity contribution >= 4 is 5.91 Å². The minimum atomic E-state index is 0.0865. The molecule has 84 valence electrons. The van der Waals surface area contributed by atoms with Crippen LogP contribution in [0, 0.1) is 5.92 Å². The second-order valence-electron chi connectivity index (χ2n) is 4.49. The van der Waals surface area contributed by atoms with Crippen LogP contribution in [0.1, 0.15) is 32.1 Å². The van der Waals surface area contributed by atoms with Crippen molar-refractivity contribution in [2.45, 2.75) is 38.1 Å². The lowest BCUT2D eigenvalue weighted by atomic mass is 9.93. The van der Waals surface area contributed by atoms with Crippen molar-refractivity contribution in [3.63, 3.8) is 0 Å². The van der Waals surface area contributed by atoms with Crippen molar-refractivity contribution < 1.29 is 9.90 Å². The molecule has 0 radical (unpaired) electrons. The predicted octanol–water partition coefficient (Wildman–Crippen LogP) is 1.33. The Morgan fingerprint density at radius 3 is 2.93 bits per heavy atom. The summed E-state index contributed by atoms with van der Waals surface area (Å²) in [6.45, 7) is 0.957. The van der Waals surface area contributed by atoms with E-state index in [9.17, 15) is 9.90 Å². The first-order valence-corrected chi connectivity index (χ1v) is 5.89. The third kappa shape index (κ3) is 2.23. The number of carbonyl (C=O) groups excluding carboxylic acids is 1. The first kappa shape index (κ1) is 10.7. The first-order valence-electron chi connectivity index (χ1n) is 5.89. The van der Waals surface area contributed by atoms with E-state index in [1.54, 1.807) is 0 Å². The number of nitrogens with zero attached hydrogens (tertiary/aromatic N) is 1. The van der Waals surface area contributed by atoms with E-state index in [1.807, 2.05) is 4.90 Å². The summed E-state index contributed by atoms with van der Waals surface area (Å²) in [4.78, 5) is 14.0. The van der Waals surface area contributed by atoms with Gasteiger partial charge in [-0.3, -0.25) is 4.79 Å². The highest BCUT2D eigenvalue weighted by Crippen LogP contribution is 2.25. The van der Waals surface area contributed by atoms with E-state index in [2.05, 4.69) is 12.2 Å². The zero-order valence-electron chi connectivity index (χ0n) is 9.06. The average molecular weight is 209 g/mol. The summed E-state index contributed by atoms with van der Waals surface area (Å²) in [5.41, 5.74) is 0. The largest absolute Gasteiger partial charge is 0.394 e. The van der Waals surface area contributed by atoms with Gasteiger partial charge in [0.1, 0.15) is 0 Å². The predicted molar refractivity (Wildman–Crippen MR) is 58.3 cm³/mol. The molecule has 0 aromatic carbocycles. The molecule has 15 heavy (non-hydrogen) atoms.